The molecule has 0 radical (unpaired) electrons. The summed E-state index contributed by atoms with van der Waals surface area (Å²) in [5.74, 6) is 0.757. The number of aliphatic hydroxyl groups is 1. The van der Waals surface area contributed by atoms with Gasteiger partial charge in [-0.25, -0.2) is 4.79 Å². The molecule has 2 aliphatic heterocycles. The van der Waals surface area contributed by atoms with Crippen molar-refractivity contribution in [3.8, 4) is 5.75 Å². The van der Waals surface area contributed by atoms with Gasteiger partial charge in [-0.1, -0.05) is 6.07 Å². The van der Waals surface area contributed by atoms with Crippen LogP contribution in [0.2, 0.25) is 0 Å². The molecule has 0 aromatic heterocycles. The second kappa shape index (κ2) is 6.23. The number of amides is 3. The molecular formula is C24H31N3O4. The third kappa shape index (κ3) is 2.47. The lowest BCUT2D eigenvalue weighted by Crippen LogP contribution is -2.76. The van der Waals surface area contributed by atoms with Crippen molar-refractivity contribution in [3.63, 3.8) is 0 Å². The highest BCUT2D eigenvalue weighted by atomic mass is 16.3. The molecule has 2 bridgehead atoms. The Morgan fingerprint density at radius 1 is 1.19 bits per heavy atom. The number of urea groups is 1. The number of phenols is 1. The maximum atomic E-state index is 13.4. The molecule has 2 heterocycles. The van der Waals surface area contributed by atoms with Crippen LogP contribution in [-0.2, 0) is 16.6 Å². The zero-order chi connectivity index (χ0) is 21.6. The number of rotatable bonds is 3. The Bertz CT molecular complexity index is 978. The first-order chi connectivity index (χ1) is 14.8. The van der Waals surface area contributed by atoms with E-state index in [1.54, 1.807) is 12.1 Å². The minimum atomic E-state index is -0.975. The highest BCUT2D eigenvalue weighted by molar-refractivity contribution is 6.07. The van der Waals surface area contributed by atoms with Gasteiger partial charge < -0.3 is 15.5 Å². The number of aromatic hydroxyl groups is 1. The monoisotopic (exact) mass is 425 g/mol. The number of likely N-dealkylation sites (tertiary alicyclic amines) is 1. The van der Waals surface area contributed by atoms with Gasteiger partial charge in [-0.3, -0.25) is 14.6 Å². The summed E-state index contributed by atoms with van der Waals surface area (Å²) >= 11 is 0. The number of phenolic OH excluding ortho intramolecular Hbond substituents is 1. The smallest absolute Gasteiger partial charge is 0.325 e. The van der Waals surface area contributed by atoms with E-state index in [2.05, 4.69) is 10.2 Å². The van der Waals surface area contributed by atoms with Crippen LogP contribution >= 0.6 is 0 Å². The average Bonchev–Trinajstić information content (AvgIpc) is 3.52. The summed E-state index contributed by atoms with van der Waals surface area (Å²) in [6, 6.07) is 5.18. The van der Waals surface area contributed by atoms with Crippen molar-refractivity contribution in [1.82, 2.24) is 15.1 Å². The van der Waals surface area contributed by atoms with E-state index in [4.69, 9.17) is 0 Å². The number of fused-ring (bicyclic) bond motifs is 1. The molecule has 7 heteroatoms. The first kappa shape index (κ1) is 19.6. The number of benzene rings is 1. The standard InChI is InChI=1S/C24H31N3O4/c1-2-27-20(29)23(25-21(27)30)7-8-24(31)19-11-16-5-6-17(28)12-18(16)22(24,14-23)9-10-26(19)13-15-3-4-15/h5-6,12,15,19,28,31H,2-4,7-11,13-14H2,1H3,(H,25,30)/t19-,22-,23+,24-/m1/s1. The Morgan fingerprint density at radius 2 is 2.00 bits per heavy atom. The summed E-state index contributed by atoms with van der Waals surface area (Å²) in [7, 11) is 0. The largest absolute Gasteiger partial charge is 0.508 e. The van der Waals surface area contributed by atoms with Gasteiger partial charge in [-0.15, -0.1) is 0 Å². The van der Waals surface area contributed by atoms with E-state index >= 15 is 0 Å². The minimum Gasteiger partial charge on any atom is -0.508 e. The molecule has 1 aromatic carbocycles. The van der Waals surface area contributed by atoms with Crippen LogP contribution in [0.5, 0.6) is 5.75 Å². The van der Waals surface area contributed by atoms with Crippen LogP contribution in [0.3, 0.4) is 0 Å². The first-order valence-electron chi connectivity index (χ1n) is 11.7. The molecule has 0 unspecified atom stereocenters. The number of piperidine rings is 1. The zero-order valence-electron chi connectivity index (χ0n) is 18.1. The van der Waals surface area contributed by atoms with Crippen molar-refractivity contribution in [2.45, 2.75) is 74.5 Å². The molecule has 7 nitrogen and oxygen atoms in total. The summed E-state index contributed by atoms with van der Waals surface area (Å²) in [6.07, 6.45) is 5.34. The lowest BCUT2D eigenvalue weighted by Gasteiger charge is -2.65. The number of likely N-dealkylation sites (N-methyl/N-ethyl adjacent to an activating group) is 1. The molecule has 4 atom stereocenters. The van der Waals surface area contributed by atoms with Gasteiger partial charge in [0.05, 0.1) is 5.60 Å². The second-order valence-corrected chi connectivity index (χ2v) is 10.5. The molecule has 2 saturated carbocycles. The lowest BCUT2D eigenvalue weighted by atomic mass is 9.46. The number of imide groups is 1. The highest BCUT2D eigenvalue weighted by Gasteiger charge is 2.70. The predicted octanol–water partition coefficient (Wildman–Crippen LogP) is 1.90. The second-order valence-electron chi connectivity index (χ2n) is 10.5. The molecule has 166 valence electrons. The molecule has 1 aromatic rings. The number of hydrogen-bond donors (Lipinski definition) is 3. The van der Waals surface area contributed by atoms with Gasteiger partial charge in [-0.05, 0) is 87.6 Å². The van der Waals surface area contributed by atoms with Gasteiger partial charge in [0, 0.05) is 24.5 Å². The summed E-state index contributed by atoms with van der Waals surface area (Å²) < 4.78 is 0. The molecule has 1 spiro atoms. The van der Waals surface area contributed by atoms with E-state index < -0.39 is 16.6 Å². The number of carbonyl (C=O) groups is 2. The van der Waals surface area contributed by atoms with Gasteiger partial charge in [0.25, 0.3) is 5.91 Å². The molecule has 3 aliphatic carbocycles. The van der Waals surface area contributed by atoms with Crippen LogP contribution in [0.25, 0.3) is 0 Å². The highest BCUT2D eigenvalue weighted by Crippen LogP contribution is 2.61. The van der Waals surface area contributed by atoms with E-state index in [0.29, 0.717) is 25.8 Å². The van der Waals surface area contributed by atoms with Crippen LogP contribution in [-0.4, -0.2) is 68.8 Å². The van der Waals surface area contributed by atoms with Gasteiger partial charge >= 0.3 is 6.03 Å². The van der Waals surface area contributed by atoms with E-state index in [0.717, 1.165) is 43.0 Å². The minimum absolute atomic E-state index is 0.00530. The molecular weight excluding hydrogens is 394 g/mol. The number of nitrogens with one attached hydrogen (secondary N) is 1. The Labute approximate surface area is 182 Å². The Morgan fingerprint density at radius 3 is 2.71 bits per heavy atom. The number of nitrogens with zero attached hydrogens (tertiary/aromatic N) is 2. The van der Waals surface area contributed by atoms with Gasteiger partial charge in [0.15, 0.2) is 0 Å². The average molecular weight is 426 g/mol. The lowest BCUT2D eigenvalue weighted by molar-refractivity contribution is -0.181. The van der Waals surface area contributed by atoms with Crippen molar-refractivity contribution in [2.24, 2.45) is 5.92 Å². The Hall–Kier alpha value is -2.12. The molecule has 3 amide bonds. The molecule has 6 rings (SSSR count). The van der Waals surface area contributed by atoms with Crippen molar-refractivity contribution in [3.05, 3.63) is 29.3 Å². The fourth-order valence-corrected chi connectivity index (χ4v) is 7.24. The van der Waals surface area contributed by atoms with Crippen LogP contribution in [0.4, 0.5) is 4.79 Å². The van der Waals surface area contributed by atoms with Gasteiger partial charge in [0.1, 0.15) is 11.3 Å². The molecule has 2 saturated heterocycles. The van der Waals surface area contributed by atoms with Crippen molar-refractivity contribution in [2.75, 3.05) is 19.6 Å². The summed E-state index contributed by atoms with van der Waals surface area (Å²) in [6.45, 7) is 4.06. The quantitative estimate of drug-likeness (QED) is 0.643. The SMILES string of the molecule is CCN1C(=O)N[C@]2(CC[C@@]3(O)[C@H]4Cc5ccc(O)cc5[C@@]3(CCN4CC3CC3)C2)C1=O. The van der Waals surface area contributed by atoms with Crippen LogP contribution in [0.15, 0.2) is 18.2 Å². The van der Waals surface area contributed by atoms with E-state index in [9.17, 15) is 19.8 Å². The van der Waals surface area contributed by atoms with Crippen molar-refractivity contribution < 1.29 is 19.8 Å². The Balaban J connectivity index is 1.48. The number of hydrogen-bond acceptors (Lipinski definition) is 5. The van der Waals surface area contributed by atoms with E-state index in [1.807, 2.05) is 13.0 Å². The fraction of sp³-hybridized carbons (Fsp3) is 0.667. The Kier molecular flexibility index (Phi) is 3.93. The third-order valence-electron chi connectivity index (χ3n) is 8.96. The molecule has 5 aliphatic rings. The number of carbonyl (C=O) groups excluding carboxylic acids is 2. The van der Waals surface area contributed by atoms with Crippen LogP contribution in [0, 0.1) is 5.92 Å². The fourth-order valence-electron chi connectivity index (χ4n) is 7.24. The van der Waals surface area contributed by atoms with E-state index in [-0.39, 0.29) is 23.7 Å². The maximum Gasteiger partial charge on any atom is 0.325 e. The molecule has 3 N–H and O–H groups in total. The predicted molar refractivity (Wildman–Crippen MR) is 114 cm³/mol. The summed E-state index contributed by atoms with van der Waals surface area (Å²) in [4.78, 5) is 29.7. The topological polar surface area (TPSA) is 93.1 Å². The zero-order valence-corrected chi connectivity index (χ0v) is 18.1. The third-order valence-corrected chi connectivity index (χ3v) is 8.96. The summed E-state index contributed by atoms with van der Waals surface area (Å²) in [5, 5.41) is 25.7. The maximum absolute atomic E-state index is 13.4. The molecule has 4 fully saturated rings. The van der Waals surface area contributed by atoms with Crippen LogP contribution < -0.4 is 5.32 Å². The van der Waals surface area contributed by atoms with E-state index in [1.165, 1.54) is 17.7 Å². The first-order valence-corrected chi connectivity index (χ1v) is 11.7. The van der Waals surface area contributed by atoms with Gasteiger partial charge in [-0.2, -0.15) is 0 Å². The van der Waals surface area contributed by atoms with Crippen molar-refractivity contribution >= 4 is 11.9 Å². The normalized spacial score (nSPS) is 39.4. The van der Waals surface area contributed by atoms with Crippen molar-refractivity contribution in [1.29, 1.82) is 0 Å². The van der Waals surface area contributed by atoms with Gasteiger partial charge in [0.2, 0.25) is 0 Å². The van der Waals surface area contributed by atoms with Crippen LogP contribution in [0.1, 0.15) is 56.6 Å². The summed E-state index contributed by atoms with van der Waals surface area (Å²) in [5.41, 5.74) is -0.489. The molecule has 31 heavy (non-hydrogen) atoms.